The molecule has 0 saturated carbocycles. The number of aromatic nitrogens is 2. The SMILES string of the molecule is CC(=N)/N=C(\NC(C)C)c1cn2c(n1)-c1ccc(OC(CO)CC(C)CO)cc1OCC2. The van der Waals surface area contributed by atoms with Gasteiger partial charge in [0.15, 0.2) is 5.84 Å². The molecule has 9 nitrogen and oxygen atoms in total. The van der Waals surface area contributed by atoms with Crippen molar-refractivity contribution in [2.24, 2.45) is 10.9 Å². The summed E-state index contributed by atoms with van der Waals surface area (Å²) in [6.07, 6.45) is 2.07. The fourth-order valence-electron chi connectivity index (χ4n) is 3.53. The highest BCUT2D eigenvalue weighted by Crippen LogP contribution is 2.35. The summed E-state index contributed by atoms with van der Waals surface area (Å²) >= 11 is 0. The molecule has 0 spiro atoms. The molecule has 0 radical (unpaired) electrons. The van der Waals surface area contributed by atoms with Gasteiger partial charge in [-0.3, -0.25) is 5.41 Å². The summed E-state index contributed by atoms with van der Waals surface area (Å²) in [5.41, 5.74) is 1.51. The van der Waals surface area contributed by atoms with Crippen molar-refractivity contribution in [1.82, 2.24) is 14.9 Å². The van der Waals surface area contributed by atoms with Crippen molar-refractivity contribution in [3.8, 4) is 22.9 Å². The first kappa shape index (κ1) is 23.7. The largest absolute Gasteiger partial charge is 0.491 e. The molecule has 174 valence electrons. The molecule has 0 amide bonds. The standard InChI is InChI=1S/C23H33N5O4/c1-14(2)25-22(26-16(4)24)20-11-28-7-8-31-21-10-17(5-6-19(21)23(28)27-20)32-18(13-30)9-15(3)12-29/h5-6,10-11,14-15,18,29-30H,7-9,12-13H2,1-4H3,(H2,24,25,26). The summed E-state index contributed by atoms with van der Waals surface area (Å²) in [7, 11) is 0. The lowest BCUT2D eigenvalue weighted by molar-refractivity contribution is 0.0839. The maximum absolute atomic E-state index is 9.64. The van der Waals surface area contributed by atoms with E-state index in [1.54, 1.807) is 6.92 Å². The van der Waals surface area contributed by atoms with Crippen LogP contribution in [0.4, 0.5) is 0 Å². The molecular formula is C23H33N5O4. The molecule has 2 heterocycles. The van der Waals surface area contributed by atoms with Crippen LogP contribution in [0, 0.1) is 11.3 Å². The molecule has 2 atom stereocenters. The molecule has 1 aromatic heterocycles. The lowest BCUT2D eigenvalue weighted by Gasteiger charge is -2.20. The van der Waals surface area contributed by atoms with Crippen LogP contribution in [0.3, 0.4) is 0 Å². The average Bonchev–Trinajstić information content (AvgIpc) is 3.08. The molecule has 1 aromatic carbocycles. The predicted octanol–water partition coefficient (Wildman–Crippen LogP) is 2.44. The highest BCUT2D eigenvalue weighted by molar-refractivity contribution is 6.04. The smallest absolute Gasteiger partial charge is 0.155 e. The summed E-state index contributed by atoms with van der Waals surface area (Å²) in [6, 6.07) is 5.70. The number of nitrogens with one attached hydrogen (secondary N) is 2. The number of aliphatic hydroxyl groups excluding tert-OH is 2. The van der Waals surface area contributed by atoms with E-state index in [-0.39, 0.29) is 31.0 Å². The summed E-state index contributed by atoms with van der Waals surface area (Å²) in [5, 5.41) is 29.9. The summed E-state index contributed by atoms with van der Waals surface area (Å²) in [5.74, 6) is 2.82. The van der Waals surface area contributed by atoms with Crippen molar-refractivity contribution in [3.63, 3.8) is 0 Å². The van der Waals surface area contributed by atoms with Crippen LogP contribution in [-0.2, 0) is 6.54 Å². The number of nitrogens with zero attached hydrogens (tertiary/aromatic N) is 3. The lowest BCUT2D eigenvalue weighted by atomic mass is 10.1. The number of fused-ring (bicyclic) bond motifs is 3. The quantitative estimate of drug-likeness (QED) is 0.367. The zero-order valence-corrected chi connectivity index (χ0v) is 19.1. The van der Waals surface area contributed by atoms with E-state index < -0.39 is 6.10 Å². The van der Waals surface area contributed by atoms with Crippen LogP contribution >= 0.6 is 0 Å². The highest BCUT2D eigenvalue weighted by Gasteiger charge is 2.22. The molecule has 32 heavy (non-hydrogen) atoms. The van der Waals surface area contributed by atoms with Crippen molar-refractivity contribution in [2.45, 2.75) is 52.8 Å². The molecular weight excluding hydrogens is 410 g/mol. The Morgan fingerprint density at radius 1 is 1.31 bits per heavy atom. The lowest BCUT2D eigenvalue weighted by Crippen LogP contribution is -2.32. The highest BCUT2D eigenvalue weighted by atomic mass is 16.5. The van der Waals surface area contributed by atoms with Crippen LogP contribution in [-0.4, -0.2) is 63.4 Å². The van der Waals surface area contributed by atoms with E-state index in [4.69, 9.17) is 19.9 Å². The number of amidine groups is 2. The van der Waals surface area contributed by atoms with Crippen molar-refractivity contribution in [2.75, 3.05) is 19.8 Å². The van der Waals surface area contributed by atoms with Crippen molar-refractivity contribution >= 4 is 11.7 Å². The van der Waals surface area contributed by atoms with Crippen molar-refractivity contribution in [1.29, 1.82) is 5.41 Å². The average molecular weight is 444 g/mol. The fourth-order valence-corrected chi connectivity index (χ4v) is 3.53. The van der Waals surface area contributed by atoms with Gasteiger partial charge in [-0.25, -0.2) is 9.98 Å². The van der Waals surface area contributed by atoms with Gasteiger partial charge in [0.25, 0.3) is 0 Å². The van der Waals surface area contributed by atoms with E-state index in [9.17, 15) is 10.2 Å². The molecule has 3 rings (SSSR count). The third-order valence-electron chi connectivity index (χ3n) is 4.99. The van der Waals surface area contributed by atoms with E-state index in [0.717, 1.165) is 11.4 Å². The monoisotopic (exact) mass is 443 g/mol. The van der Waals surface area contributed by atoms with E-state index in [1.807, 2.05) is 49.7 Å². The van der Waals surface area contributed by atoms with E-state index in [0.29, 0.717) is 42.6 Å². The Morgan fingerprint density at radius 2 is 2.09 bits per heavy atom. The van der Waals surface area contributed by atoms with Gasteiger partial charge in [-0.2, -0.15) is 0 Å². The van der Waals surface area contributed by atoms with Gasteiger partial charge in [-0.15, -0.1) is 0 Å². The molecule has 1 aliphatic rings. The van der Waals surface area contributed by atoms with E-state index >= 15 is 0 Å². The first-order valence-electron chi connectivity index (χ1n) is 10.9. The number of rotatable bonds is 8. The number of hydrogen-bond acceptors (Lipinski definition) is 6. The summed E-state index contributed by atoms with van der Waals surface area (Å²) < 4.78 is 13.9. The number of ether oxygens (including phenoxy) is 2. The molecule has 2 aromatic rings. The fraction of sp³-hybridized carbons (Fsp3) is 0.522. The van der Waals surface area contributed by atoms with Gasteiger partial charge >= 0.3 is 0 Å². The first-order valence-corrected chi connectivity index (χ1v) is 10.9. The van der Waals surface area contributed by atoms with Gasteiger partial charge < -0.3 is 29.6 Å². The van der Waals surface area contributed by atoms with Crippen LogP contribution in [0.25, 0.3) is 11.4 Å². The molecule has 1 aliphatic heterocycles. The summed E-state index contributed by atoms with van der Waals surface area (Å²) in [4.78, 5) is 9.12. The zero-order chi connectivity index (χ0) is 23.3. The molecule has 9 heteroatoms. The Labute approximate surface area is 188 Å². The van der Waals surface area contributed by atoms with Gasteiger partial charge in [0.1, 0.15) is 41.6 Å². The molecule has 4 N–H and O–H groups in total. The minimum atomic E-state index is -0.403. The van der Waals surface area contributed by atoms with Crippen molar-refractivity contribution in [3.05, 3.63) is 30.1 Å². The minimum Gasteiger partial charge on any atom is -0.491 e. The normalized spacial score (nSPS) is 15.3. The zero-order valence-electron chi connectivity index (χ0n) is 19.1. The van der Waals surface area contributed by atoms with Gasteiger partial charge in [-0.05, 0) is 45.2 Å². The number of hydrogen-bond donors (Lipinski definition) is 4. The Morgan fingerprint density at radius 3 is 2.75 bits per heavy atom. The Bertz CT molecular complexity index is 969. The van der Waals surface area contributed by atoms with Gasteiger partial charge in [0, 0.05) is 24.9 Å². The summed E-state index contributed by atoms with van der Waals surface area (Å²) in [6.45, 7) is 8.59. The first-order chi connectivity index (χ1) is 15.3. The second-order valence-electron chi connectivity index (χ2n) is 8.44. The van der Waals surface area contributed by atoms with Crippen molar-refractivity contribution < 1.29 is 19.7 Å². The van der Waals surface area contributed by atoms with Gasteiger partial charge in [0.2, 0.25) is 0 Å². The molecule has 0 aliphatic carbocycles. The maximum Gasteiger partial charge on any atom is 0.155 e. The van der Waals surface area contributed by atoms with E-state index in [2.05, 4.69) is 10.3 Å². The number of benzene rings is 1. The van der Waals surface area contributed by atoms with Crippen LogP contribution in [0.2, 0.25) is 0 Å². The van der Waals surface area contributed by atoms with Gasteiger partial charge in [-0.1, -0.05) is 6.92 Å². The predicted molar refractivity (Wildman–Crippen MR) is 124 cm³/mol. The van der Waals surface area contributed by atoms with Crippen LogP contribution in [0.1, 0.15) is 39.8 Å². The molecule has 0 saturated heterocycles. The molecule has 2 unspecified atom stereocenters. The Kier molecular flexibility index (Phi) is 7.87. The topological polar surface area (TPSA) is 125 Å². The van der Waals surface area contributed by atoms with Crippen LogP contribution in [0.5, 0.6) is 11.5 Å². The maximum atomic E-state index is 9.64. The Balaban J connectivity index is 1.90. The molecule has 0 fully saturated rings. The second kappa shape index (κ2) is 10.6. The Hall–Kier alpha value is -2.91. The van der Waals surface area contributed by atoms with Crippen LogP contribution < -0.4 is 14.8 Å². The minimum absolute atomic E-state index is 0.0371. The third-order valence-corrected chi connectivity index (χ3v) is 4.99. The second-order valence-corrected chi connectivity index (χ2v) is 8.44. The van der Waals surface area contributed by atoms with E-state index in [1.165, 1.54) is 0 Å². The van der Waals surface area contributed by atoms with Crippen LogP contribution in [0.15, 0.2) is 29.4 Å². The number of aliphatic imine (C=N–C) groups is 1. The number of aliphatic hydroxyl groups is 2. The van der Waals surface area contributed by atoms with Gasteiger partial charge in [0.05, 0.1) is 18.7 Å². The third kappa shape index (κ3) is 5.86. The number of imidazole rings is 1. The molecule has 0 bridgehead atoms.